The van der Waals surface area contributed by atoms with Crippen molar-refractivity contribution in [2.24, 2.45) is 5.73 Å². The van der Waals surface area contributed by atoms with Crippen LogP contribution in [-0.4, -0.2) is 39.6 Å². The molecule has 70 valence electrons. The lowest BCUT2D eigenvalue weighted by atomic mass is 10.3. The van der Waals surface area contributed by atoms with E-state index in [0.29, 0.717) is 10.6 Å². The average molecular weight is 198 g/mol. The van der Waals surface area contributed by atoms with Crippen LogP contribution < -0.4 is 5.73 Å². The maximum Gasteiger partial charge on any atom is 0.257 e. The number of carbonyl (C=O) groups excluding carboxylic acids is 1. The van der Waals surface area contributed by atoms with Crippen molar-refractivity contribution in [2.45, 2.75) is 0 Å². The highest BCUT2D eigenvalue weighted by atomic mass is 32.1. The van der Waals surface area contributed by atoms with Crippen LogP contribution in [0.2, 0.25) is 0 Å². The largest absolute Gasteiger partial charge is 0.392 e. The fraction of sp³-hybridized carbons (Fsp3) is 0.286. The third-order valence-corrected chi connectivity index (χ3v) is 1.61. The van der Waals surface area contributed by atoms with Gasteiger partial charge in [-0.1, -0.05) is 12.2 Å². The zero-order valence-electron chi connectivity index (χ0n) is 7.15. The molecule has 0 saturated carbocycles. The van der Waals surface area contributed by atoms with E-state index in [1.807, 2.05) is 0 Å². The van der Waals surface area contributed by atoms with Gasteiger partial charge in [0.05, 0.1) is 23.3 Å². The van der Waals surface area contributed by atoms with Gasteiger partial charge in [0, 0.05) is 13.2 Å². The zero-order chi connectivity index (χ0) is 9.84. The van der Waals surface area contributed by atoms with Gasteiger partial charge in [0.25, 0.3) is 5.91 Å². The molecule has 0 aliphatic carbocycles. The molecule has 1 heterocycles. The fourth-order valence-corrected chi connectivity index (χ4v) is 1.09. The van der Waals surface area contributed by atoms with Crippen molar-refractivity contribution >= 4 is 23.1 Å². The Kier molecular flexibility index (Phi) is 2.97. The van der Waals surface area contributed by atoms with Crippen molar-refractivity contribution in [3.63, 3.8) is 0 Å². The highest BCUT2D eigenvalue weighted by molar-refractivity contribution is 7.80. The Balaban J connectivity index is 2.63. The molecule has 0 aliphatic rings. The van der Waals surface area contributed by atoms with E-state index in [1.165, 1.54) is 17.3 Å². The molecule has 1 amide bonds. The summed E-state index contributed by atoms with van der Waals surface area (Å²) < 4.78 is 0. The van der Waals surface area contributed by atoms with Gasteiger partial charge in [-0.3, -0.25) is 9.89 Å². The van der Waals surface area contributed by atoms with Crippen LogP contribution in [0.5, 0.6) is 0 Å². The molecule has 0 spiro atoms. The topological polar surface area (TPSA) is 75.0 Å². The first-order valence-electron chi connectivity index (χ1n) is 3.64. The Labute approximate surface area is 80.9 Å². The minimum Gasteiger partial charge on any atom is -0.392 e. The number of aromatic nitrogens is 2. The summed E-state index contributed by atoms with van der Waals surface area (Å²) in [6.45, 7) is 0.277. The number of likely N-dealkylation sites (N-methyl/N-ethyl adjacent to an activating group) is 1. The third kappa shape index (κ3) is 2.51. The van der Waals surface area contributed by atoms with Gasteiger partial charge < -0.3 is 10.6 Å². The van der Waals surface area contributed by atoms with Crippen LogP contribution in [0.15, 0.2) is 12.4 Å². The normalized spacial score (nSPS) is 9.62. The predicted molar refractivity (Wildman–Crippen MR) is 52.3 cm³/mol. The quantitative estimate of drug-likeness (QED) is 0.658. The monoisotopic (exact) mass is 198 g/mol. The lowest BCUT2D eigenvalue weighted by Gasteiger charge is -2.14. The van der Waals surface area contributed by atoms with Crippen molar-refractivity contribution < 1.29 is 4.79 Å². The van der Waals surface area contributed by atoms with Gasteiger partial charge in [-0.15, -0.1) is 0 Å². The molecular weight excluding hydrogens is 188 g/mol. The van der Waals surface area contributed by atoms with Crippen LogP contribution in [0.1, 0.15) is 10.4 Å². The van der Waals surface area contributed by atoms with E-state index in [-0.39, 0.29) is 12.5 Å². The number of nitrogens with two attached hydrogens (primary N) is 1. The number of carbonyl (C=O) groups is 1. The molecule has 0 fully saturated rings. The van der Waals surface area contributed by atoms with Crippen LogP contribution in [-0.2, 0) is 0 Å². The highest BCUT2D eigenvalue weighted by Gasteiger charge is 2.12. The predicted octanol–water partition coefficient (Wildman–Crippen LogP) is -0.232. The summed E-state index contributed by atoms with van der Waals surface area (Å²) in [6, 6.07) is 0. The molecule has 0 aliphatic heterocycles. The molecule has 0 bridgehead atoms. The number of rotatable bonds is 3. The first-order chi connectivity index (χ1) is 6.11. The summed E-state index contributed by atoms with van der Waals surface area (Å²) in [5.41, 5.74) is 5.80. The van der Waals surface area contributed by atoms with Gasteiger partial charge in [0.15, 0.2) is 0 Å². The molecule has 0 aromatic carbocycles. The second-order valence-electron chi connectivity index (χ2n) is 2.61. The SMILES string of the molecule is CN(CC(N)=S)C(=O)c1cn[nH]c1. The van der Waals surface area contributed by atoms with Gasteiger partial charge in [0.1, 0.15) is 0 Å². The van der Waals surface area contributed by atoms with Crippen LogP contribution in [0.3, 0.4) is 0 Å². The third-order valence-electron chi connectivity index (χ3n) is 1.48. The Morgan fingerprint density at radius 3 is 3.00 bits per heavy atom. The molecule has 3 N–H and O–H groups in total. The second-order valence-corrected chi connectivity index (χ2v) is 3.14. The lowest BCUT2D eigenvalue weighted by molar-refractivity contribution is 0.0815. The van der Waals surface area contributed by atoms with Crippen molar-refractivity contribution in [1.29, 1.82) is 0 Å². The van der Waals surface area contributed by atoms with Crippen LogP contribution in [0.25, 0.3) is 0 Å². The number of nitrogens with zero attached hydrogens (tertiary/aromatic N) is 2. The number of hydrogen-bond acceptors (Lipinski definition) is 3. The van der Waals surface area contributed by atoms with E-state index in [4.69, 9.17) is 5.73 Å². The molecule has 1 aromatic rings. The van der Waals surface area contributed by atoms with E-state index < -0.39 is 0 Å². The minimum atomic E-state index is -0.151. The van der Waals surface area contributed by atoms with E-state index >= 15 is 0 Å². The van der Waals surface area contributed by atoms with Gasteiger partial charge in [-0.2, -0.15) is 5.10 Å². The number of H-pyrrole nitrogens is 1. The van der Waals surface area contributed by atoms with E-state index in [0.717, 1.165) is 0 Å². The van der Waals surface area contributed by atoms with Gasteiger partial charge >= 0.3 is 0 Å². The zero-order valence-corrected chi connectivity index (χ0v) is 7.97. The van der Waals surface area contributed by atoms with Crippen molar-refractivity contribution in [3.05, 3.63) is 18.0 Å². The van der Waals surface area contributed by atoms with E-state index in [9.17, 15) is 4.79 Å². The molecule has 0 radical (unpaired) electrons. The van der Waals surface area contributed by atoms with Crippen LogP contribution in [0, 0.1) is 0 Å². The molecule has 0 saturated heterocycles. The average Bonchev–Trinajstić information content (AvgIpc) is 2.53. The number of nitrogens with one attached hydrogen (secondary N) is 1. The number of thiocarbonyl (C=S) groups is 1. The summed E-state index contributed by atoms with van der Waals surface area (Å²) in [5, 5.41) is 6.23. The maximum absolute atomic E-state index is 11.5. The van der Waals surface area contributed by atoms with Crippen molar-refractivity contribution in [3.8, 4) is 0 Å². The Bertz CT molecular complexity index is 308. The number of hydrogen-bond donors (Lipinski definition) is 2. The Morgan fingerprint density at radius 2 is 2.54 bits per heavy atom. The van der Waals surface area contributed by atoms with Crippen molar-refractivity contribution in [1.82, 2.24) is 15.1 Å². The van der Waals surface area contributed by atoms with Gasteiger partial charge in [-0.25, -0.2) is 0 Å². The smallest absolute Gasteiger partial charge is 0.257 e. The number of amides is 1. The molecule has 0 unspecified atom stereocenters. The maximum atomic E-state index is 11.5. The lowest BCUT2D eigenvalue weighted by Crippen LogP contribution is -2.34. The summed E-state index contributed by atoms with van der Waals surface area (Å²) in [6.07, 6.45) is 2.98. The van der Waals surface area contributed by atoms with Crippen LogP contribution in [0.4, 0.5) is 0 Å². The van der Waals surface area contributed by atoms with E-state index in [2.05, 4.69) is 22.4 Å². The summed E-state index contributed by atoms with van der Waals surface area (Å²) >= 11 is 4.68. The minimum absolute atomic E-state index is 0.151. The summed E-state index contributed by atoms with van der Waals surface area (Å²) in [5.74, 6) is -0.151. The molecule has 6 heteroatoms. The first-order valence-corrected chi connectivity index (χ1v) is 4.04. The van der Waals surface area contributed by atoms with Crippen molar-refractivity contribution in [2.75, 3.05) is 13.6 Å². The van der Waals surface area contributed by atoms with Gasteiger partial charge in [0.2, 0.25) is 0 Å². The Hall–Kier alpha value is -1.43. The second kappa shape index (κ2) is 3.99. The fourth-order valence-electron chi connectivity index (χ4n) is 0.894. The van der Waals surface area contributed by atoms with E-state index in [1.54, 1.807) is 7.05 Å². The molecule has 13 heavy (non-hydrogen) atoms. The molecule has 1 rings (SSSR count). The molecule has 1 aromatic heterocycles. The highest BCUT2D eigenvalue weighted by Crippen LogP contribution is 1.99. The Morgan fingerprint density at radius 1 is 1.85 bits per heavy atom. The molecule has 0 atom stereocenters. The van der Waals surface area contributed by atoms with Gasteiger partial charge in [-0.05, 0) is 0 Å². The molecular formula is C7H10N4OS. The first kappa shape index (κ1) is 9.66. The summed E-state index contributed by atoms with van der Waals surface area (Å²) in [7, 11) is 1.63. The summed E-state index contributed by atoms with van der Waals surface area (Å²) in [4.78, 5) is 13.2. The standard InChI is InChI=1S/C7H10N4OS/c1-11(4-6(8)13)7(12)5-2-9-10-3-5/h2-3H,4H2,1H3,(H2,8,13)(H,9,10). The number of aromatic amines is 1. The van der Waals surface area contributed by atoms with Crippen LogP contribution >= 0.6 is 12.2 Å². The molecule has 5 nitrogen and oxygen atoms in total.